The number of rotatable bonds is 5. The summed E-state index contributed by atoms with van der Waals surface area (Å²) in [6.45, 7) is 0.508. The van der Waals surface area contributed by atoms with E-state index in [0.29, 0.717) is 6.54 Å². The molecule has 0 aliphatic rings. The first-order chi connectivity index (χ1) is 10.0. The lowest BCUT2D eigenvalue weighted by atomic mass is 10.2. The highest BCUT2D eigenvalue weighted by Gasteiger charge is 2.24. The summed E-state index contributed by atoms with van der Waals surface area (Å²) >= 11 is 3.37. The SMILES string of the molecule is CNc1ncnc(N(C)Cc2ccc(Br)cc2)c1[N+](=O)[O-]. The summed E-state index contributed by atoms with van der Waals surface area (Å²) in [5, 5.41) is 14.0. The molecule has 0 spiro atoms. The number of nitrogens with one attached hydrogen (secondary N) is 1. The zero-order chi connectivity index (χ0) is 15.4. The Morgan fingerprint density at radius 2 is 2.00 bits per heavy atom. The van der Waals surface area contributed by atoms with E-state index in [0.717, 1.165) is 10.0 Å². The molecule has 0 aliphatic carbocycles. The first kappa shape index (κ1) is 15.2. The summed E-state index contributed by atoms with van der Waals surface area (Å²) in [6.07, 6.45) is 1.31. The largest absolute Gasteiger partial charge is 0.367 e. The number of anilines is 2. The average molecular weight is 352 g/mol. The second-order valence-corrected chi connectivity index (χ2v) is 5.30. The third kappa shape index (κ3) is 3.46. The zero-order valence-corrected chi connectivity index (χ0v) is 13.2. The Balaban J connectivity index is 2.32. The van der Waals surface area contributed by atoms with Gasteiger partial charge in [-0.05, 0) is 17.7 Å². The van der Waals surface area contributed by atoms with Crippen LogP contribution in [0.3, 0.4) is 0 Å². The van der Waals surface area contributed by atoms with Gasteiger partial charge in [0.05, 0.1) is 4.92 Å². The third-order valence-electron chi connectivity index (χ3n) is 2.92. The van der Waals surface area contributed by atoms with E-state index in [1.165, 1.54) is 6.33 Å². The standard InChI is InChI=1S/C13H14BrN5O2/c1-15-12-11(19(20)21)13(17-8-16-12)18(2)7-9-3-5-10(14)6-4-9/h3-6,8H,7H2,1-2H3,(H,15,16,17). The van der Waals surface area contributed by atoms with Crippen LogP contribution in [0.2, 0.25) is 0 Å². The van der Waals surface area contributed by atoms with Crippen molar-refractivity contribution in [1.29, 1.82) is 0 Å². The van der Waals surface area contributed by atoms with E-state index in [-0.39, 0.29) is 17.3 Å². The van der Waals surface area contributed by atoms with Crippen molar-refractivity contribution in [2.75, 3.05) is 24.3 Å². The van der Waals surface area contributed by atoms with Gasteiger partial charge in [-0.2, -0.15) is 0 Å². The van der Waals surface area contributed by atoms with Gasteiger partial charge in [0.25, 0.3) is 0 Å². The molecule has 0 bridgehead atoms. The van der Waals surface area contributed by atoms with Crippen LogP contribution in [-0.4, -0.2) is 29.0 Å². The lowest BCUT2D eigenvalue weighted by molar-refractivity contribution is -0.383. The molecule has 0 fully saturated rings. The molecule has 0 atom stereocenters. The minimum atomic E-state index is -0.473. The number of aromatic nitrogens is 2. The van der Waals surface area contributed by atoms with Crippen LogP contribution in [-0.2, 0) is 6.54 Å². The maximum absolute atomic E-state index is 11.3. The van der Waals surface area contributed by atoms with Gasteiger partial charge in [0.2, 0.25) is 11.6 Å². The summed E-state index contributed by atoms with van der Waals surface area (Å²) in [5.41, 5.74) is 0.902. The number of hydrogen-bond donors (Lipinski definition) is 1. The molecule has 0 unspecified atom stereocenters. The lowest BCUT2D eigenvalue weighted by Gasteiger charge is -2.18. The fraction of sp³-hybridized carbons (Fsp3) is 0.231. The molecule has 110 valence electrons. The molecule has 2 rings (SSSR count). The van der Waals surface area contributed by atoms with Crippen molar-refractivity contribution in [3.05, 3.63) is 50.7 Å². The van der Waals surface area contributed by atoms with Crippen LogP contribution < -0.4 is 10.2 Å². The number of halogens is 1. The van der Waals surface area contributed by atoms with Gasteiger partial charge in [0.15, 0.2) is 0 Å². The molecule has 1 heterocycles. The number of hydrogen-bond acceptors (Lipinski definition) is 6. The molecule has 0 saturated carbocycles. The highest BCUT2D eigenvalue weighted by Crippen LogP contribution is 2.31. The van der Waals surface area contributed by atoms with Crippen molar-refractivity contribution in [2.45, 2.75) is 6.54 Å². The molecule has 1 N–H and O–H groups in total. The van der Waals surface area contributed by atoms with Gasteiger partial charge in [0, 0.05) is 25.1 Å². The maximum Gasteiger partial charge on any atom is 0.353 e. The zero-order valence-electron chi connectivity index (χ0n) is 11.6. The van der Waals surface area contributed by atoms with E-state index in [4.69, 9.17) is 0 Å². The highest BCUT2D eigenvalue weighted by atomic mass is 79.9. The van der Waals surface area contributed by atoms with Crippen LogP contribution in [0.25, 0.3) is 0 Å². The van der Waals surface area contributed by atoms with E-state index >= 15 is 0 Å². The quantitative estimate of drug-likeness (QED) is 0.658. The van der Waals surface area contributed by atoms with Crippen molar-refractivity contribution >= 4 is 33.3 Å². The van der Waals surface area contributed by atoms with Gasteiger partial charge in [0.1, 0.15) is 6.33 Å². The van der Waals surface area contributed by atoms with Gasteiger partial charge in [-0.25, -0.2) is 9.97 Å². The van der Waals surface area contributed by atoms with Crippen molar-refractivity contribution < 1.29 is 4.92 Å². The number of benzene rings is 1. The van der Waals surface area contributed by atoms with Crippen LogP contribution in [0.15, 0.2) is 35.1 Å². The van der Waals surface area contributed by atoms with E-state index in [1.807, 2.05) is 24.3 Å². The summed E-state index contributed by atoms with van der Waals surface area (Å²) in [6, 6.07) is 7.76. The molecule has 21 heavy (non-hydrogen) atoms. The van der Waals surface area contributed by atoms with Gasteiger partial charge in [-0.3, -0.25) is 10.1 Å². The van der Waals surface area contributed by atoms with Crippen LogP contribution >= 0.6 is 15.9 Å². The van der Waals surface area contributed by atoms with Crippen molar-refractivity contribution in [1.82, 2.24) is 9.97 Å². The first-order valence-electron chi connectivity index (χ1n) is 6.15. The average Bonchev–Trinajstić information content (AvgIpc) is 2.48. The summed E-state index contributed by atoms with van der Waals surface area (Å²) in [7, 11) is 3.35. The maximum atomic E-state index is 11.3. The topological polar surface area (TPSA) is 84.2 Å². The Bertz CT molecular complexity index is 648. The Hall–Kier alpha value is -2.22. The van der Waals surface area contributed by atoms with E-state index in [9.17, 15) is 10.1 Å². The predicted octanol–water partition coefficient (Wildman–Crippen LogP) is 2.83. The van der Waals surface area contributed by atoms with E-state index in [2.05, 4.69) is 31.2 Å². The second kappa shape index (κ2) is 6.49. The molecule has 0 saturated heterocycles. The van der Waals surface area contributed by atoms with Crippen molar-refractivity contribution in [3.63, 3.8) is 0 Å². The number of nitrogens with zero attached hydrogens (tertiary/aromatic N) is 4. The Morgan fingerprint density at radius 3 is 2.57 bits per heavy atom. The fourth-order valence-electron chi connectivity index (χ4n) is 1.94. The summed E-state index contributed by atoms with van der Waals surface area (Å²) < 4.78 is 0.986. The molecule has 8 heteroatoms. The fourth-order valence-corrected chi connectivity index (χ4v) is 2.20. The molecule has 7 nitrogen and oxygen atoms in total. The molecule has 2 aromatic rings. The minimum Gasteiger partial charge on any atom is -0.367 e. The van der Waals surface area contributed by atoms with Crippen LogP contribution in [0.4, 0.5) is 17.3 Å². The molecule has 1 aromatic carbocycles. The molecule has 0 amide bonds. The van der Waals surface area contributed by atoms with Crippen LogP contribution in [0, 0.1) is 10.1 Å². The molecule has 0 radical (unpaired) electrons. The third-order valence-corrected chi connectivity index (χ3v) is 3.45. The smallest absolute Gasteiger partial charge is 0.353 e. The minimum absolute atomic E-state index is 0.125. The Morgan fingerprint density at radius 1 is 1.33 bits per heavy atom. The first-order valence-corrected chi connectivity index (χ1v) is 6.95. The van der Waals surface area contributed by atoms with Gasteiger partial charge in [-0.15, -0.1) is 0 Å². The van der Waals surface area contributed by atoms with E-state index in [1.54, 1.807) is 19.0 Å². The Labute approximate surface area is 130 Å². The van der Waals surface area contributed by atoms with Gasteiger partial charge >= 0.3 is 5.69 Å². The van der Waals surface area contributed by atoms with Gasteiger partial charge in [-0.1, -0.05) is 28.1 Å². The predicted molar refractivity (Wildman–Crippen MR) is 84.5 cm³/mol. The summed E-state index contributed by atoms with van der Waals surface area (Å²) in [5.74, 6) is 0.481. The molecule has 1 aromatic heterocycles. The molecular formula is C13H14BrN5O2. The van der Waals surface area contributed by atoms with E-state index < -0.39 is 4.92 Å². The normalized spacial score (nSPS) is 10.2. The highest BCUT2D eigenvalue weighted by molar-refractivity contribution is 9.10. The summed E-state index contributed by atoms with van der Waals surface area (Å²) in [4.78, 5) is 20.4. The molecular weight excluding hydrogens is 338 g/mol. The second-order valence-electron chi connectivity index (χ2n) is 4.38. The lowest BCUT2D eigenvalue weighted by Crippen LogP contribution is -2.20. The van der Waals surface area contributed by atoms with Crippen molar-refractivity contribution in [3.8, 4) is 0 Å². The van der Waals surface area contributed by atoms with Crippen molar-refractivity contribution in [2.24, 2.45) is 0 Å². The monoisotopic (exact) mass is 351 g/mol. The molecule has 0 aliphatic heterocycles. The van der Waals surface area contributed by atoms with Gasteiger partial charge < -0.3 is 10.2 Å². The van der Waals surface area contributed by atoms with Crippen LogP contribution in [0.1, 0.15) is 5.56 Å². The van der Waals surface area contributed by atoms with Crippen LogP contribution in [0.5, 0.6) is 0 Å². The number of nitro groups is 1. The Kier molecular flexibility index (Phi) is 4.69.